The monoisotopic (exact) mass is 446 g/mol. The van der Waals surface area contributed by atoms with Crippen LogP contribution in [0, 0.1) is 0 Å². The fourth-order valence-electron chi connectivity index (χ4n) is 2.19. The van der Waals surface area contributed by atoms with Gasteiger partial charge in [-0.25, -0.2) is 8.42 Å². The first-order valence-electron chi connectivity index (χ1n) is 8.25. The van der Waals surface area contributed by atoms with E-state index in [9.17, 15) is 13.2 Å². The number of ether oxygens (including phenoxy) is 1. The van der Waals surface area contributed by atoms with Crippen LogP contribution in [0.3, 0.4) is 0 Å². The number of carbonyl (C=O) groups excluding carboxylic acids is 1. The zero-order valence-electron chi connectivity index (χ0n) is 15.3. The summed E-state index contributed by atoms with van der Waals surface area (Å²) in [6, 6.07) is 10.7. The molecule has 0 aromatic heterocycles. The molecule has 152 valence electrons. The van der Waals surface area contributed by atoms with Crippen molar-refractivity contribution < 1.29 is 22.8 Å². The lowest BCUT2D eigenvalue weighted by molar-refractivity contribution is -0.0258. The minimum absolute atomic E-state index is 0.0368. The maximum absolute atomic E-state index is 12.3. The first kappa shape index (κ1) is 22.4. The molecule has 28 heavy (non-hydrogen) atoms. The lowest BCUT2D eigenvalue weighted by Gasteiger charge is -2.14. The van der Waals surface area contributed by atoms with Gasteiger partial charge < -0.3 is 10.1 Å². The molecule has 10 heteroatoms. The molecule has 1 N–H and O–H groups in total. The van der Waals surface area contributed by atoms with Gasteiger partial charge in [0.15, 0.2) is 0 Å². The summed E-state index contributed by atoms with van der Waals surface area (Å²) in [5, 5.41) is 3.65. The van der Waals surface area contributed by atoms with E-state index in [-0.39, 0.29) is 16.4 Å². The van der Waals surface area contributed by atoms with Crippen molar-refractivity contribution in [2.75, 3.05) is 27.3 Å². The first-order valence-corrected chi connectivity index (χ1v) is 10.4. The summed E-state index contributed by atoms with van der Waals surface area (Å²) < 4.78 is 30.8. The van der Waals surface area contributed by atoms with Gasteiger partial charge in [-0.05, 0) is 42.8 Å². The molecule has 0 heterocycles. The van der Waals surface area contributed by atoms with E-state index in [1.165, 1.54) is 38.4 Å². The fourth-order valence-corrected chi connectivity index (χ4v) is 3.68. The lowest BCUT2D eigenvalue weighted by atomic mass is 10.2. The molecule has 2 rings (SSSR count). The lowest BCUT2D eigenvalue weighted by Crippen LogP contribution is -2.27. The molecule has 0 radical (unpaired) electrons. The van der Waals surface area contributed by atoms with Crippen LogP contribution in [0.5, 0.6) is 5.75 Å². The third-order valence-corrected chi connectivity index (χ3v) is 5.95. The molecule has 0 atom stereocenters. The van der Waals surface area contributed by atoms with Gasteiger partial charge in [0.05, 0.1) is 23.6 Å². The average Bonchev–Trinajstić information content (AvgIpc) is 2.68. The summed E-state index contributed by atoms with van der Waals surface area (Å²) in [4.78, 5) is 17.0. The van der Waals surface area contributed by atoms with Gasteiger partial charge in [-0.1, -0.05) is 33.7 Å². The van der Waals surface area contributed by atoms with Crippen LogP contribution in [0.25, 0.3) is 0 Å². The van der Waals surface area contributed by atoms with E-state index in [4.69, 9.17) is 32.8 Å². The smallest absolute Gasteiger partial charge is 0.264 e. The van der Waals surface area contributed by atoms with Gasteiger partial charge in [-0.15, -0.1) is 0 Å². The minimum atomic E-state index is -3.82. The summed E-state index contributed by atoms with van der Waals surface area (Å²) in [6.07, 6.45) is 0.537. The molecule has 2 aromatic carbocycles. The molecule has 0 saturated heterocycles. The van der Waals surface area contributed by atoms with Crippen LogP contribution in [0.15, 0.2) is 47.4 Å². The average molecular weight is 447 g/mol. The highest BCUT2D eigenvalue weighted by Crippen LogP contribution is 2.27. The molecule has 7 nitrogen and oxygen atoms in total. The number of nitrogens with zero attached hydrogens (tertiary/aromatic N) is 1. The Morgan fingerprint density at radius 3 is 2.61 bits per heavy atom. The van der Waals surface area contributed by atoms with E-state index < -0.39 is 10.0 Å². The SMILES string of the molecule is CON(C)S(=O)(=O)c1cccc(C(=O)NCCCOc2ccc(Cl)cc2Cl)c1. The maximum atomic E-state index is 12.3. The molecule has 0 bridgehead atoms. The van der Waals surface area contributed by atoms with Crippen molar-refractivity contribution in [3.63, 3.8) is 0 Å². The highest BCUT2D eigenvalue weighted by atomic mass is 35.5. The van der Waals surface area contributed by atoms with Crippen molar-refractivity contribution in [2.24, 2.45) is 0 Å². The zero-order valence-corrected chi connectivity index (χ0v) is 17.6. The molecule has 0 aliphatic heterocycles. The molecule has 0 unspecified atom stereocenters. The second-order valence-corrected chi connectivity index (χ2v) is 8.44. The van der Waals surface area contributed by atoms with Gasteiger partial charge in [0, 0.05) is 24.2 Å². The number of carbonyl (C=O) groups is 1. The Labute approximate surface area is 174 Å². The van der Waals surface area contributed by atoms with Crippen LogP contribution in [-0.4, -0.2) is 46.1 Å². The molecule has 0 aliphatic carbocycles. The second kappa shape index (κ2) is 10.1. The summed E-state index contributed by atoms with van der Waals surface area (Å²) in [7, 11) is -1.31. The van der Waals surface area contributed by atoms with Gasteiger partial charge >= 0.3 is 0 Å². The fraction of sp³-hybridized carbons (Fsp3) is 0.278. The quantitative estimate of drug-likeness (QED) is 0.471. The number of amides is 1. The Bertz CT molecular complexity index is 937. The van der Waals surface area contributed by atoms with Crippen LogP contribution < -0.4 is 10.1 Å². The van der Waals surface area contributed by atoms with Crippen molar-refractivity contribution in [3.05, 3.63) is 58.1 Å². The molecule has 0 fully saturated rings. The van der Waals surface area contributed by atoms with E-state index in [1.807, 2.05) is 0 Å². The van der Waals surface area contributed by atoms with Gasteiger partial charge in [0.1, 0.15) is 5.75 Å². The predicted octanol–water partition coefficient (Wildman–Crippen LogP) is 3.37. The van der Waals surface area contributed by atoms with E-state index in [0.717, 1.165) is 4.47 Å². The van der Waals surface area contributed by atoms with Crippen LogP contribution in [0.2, 0.25) is 10.0 Å². The van der Waals surface area contributed by atoms with E-state index in [0.29, 0.717) is 35.4 Å². The number of nitrogens with one attached hydrogen (secondary N) is 1. The van der Waals surface area contributed by atoms with Gasteiger partial charge in [0.25, 0.3) is 15.9 Å². The first-order chi connectivity index (χ1) is 13.3. The highest BCUT2D eigenvalue weighted by molar-refractivity contribution is 7.89. The number of benzene rings is 2. The topological polar surface area (TPSA) is 84.9 Å². The Morgan fingerprint density at radius 1 is 1.18 bits per heavy atom. The third kappa shape index (κ3) is 5.83. The Hall–Kier alpha value is -1.84. The molecule has 0 spiro atoms. The van der Waals surface area contributed by atoms with E-state index in [2.05, 4.69) is 5.32 Å². The third-order valence-electron chi connectivity index (χ3n) is 3.75. The number of sulfonamides is 1. The van der Waals surface area contributed by atoms with Gasteiger partial charge in [-0.3, -0.25) is 9.63 Å². The van der Waals surface area contributed by atoms with Crippen molar-refractivity contribution in [1.29, 1.82) is 0 Å². The predicted molar refractivity (Wildman–Crippen MR) is 107 cm³/mol. The van der Waals surface area contributed by atoms with Crippen molar-refractivity contribution in [1.82, 2.24) is 9.79 Å². The number of halogens is 2. The van der Waals surface area contributed by atoms with Crippen LogP contribution >= 0.6 is 23.2 Å². The Balaban J connectivity index is 1.87. The molecular weight excluding hydrogens is 427 g/mol. The molecular formula is C18H20Cl2N2O5S. The van der Waals surface area contributed by atoms with Gasteiger partial charge in [0.2, 0.25) is 0 Å². The molecule has 2 aromatic rings. The summed E-state index contributed by atoms with van der Waals surface area (Å²) >= 11 is 11.8. The van der Waals surface area contributed by atoms with Crippen LogP contribution in [-0.2, 0) is 14.9 Å². The second-order valence-electron chi connectivity index (χ2n) is 5.66. The van der Waals surface area contributed by atoms with Crippen molar-refractivity contribution in [3.8, 4) is 5.75 Å². The number of hydrogen-bond donors (Lipinski definition) is 1. The summed E-state index contributed by atoms with van der Waals surface area (Å²) in [6.45, 7) is 0.688. The van der Waals surface area contributed by atoms with Crippen LogP contribution in [0.4, 0.5) is 0 Å². The molecule has 0 saturated carbocycles. The Morgan fingerprint density at radius 2 is 1.93 bits per heavy atom. The van der Waals surface area contributed by atoms with Crippen LogP contribution in [0.1, 0.15) is 16.8 Å². The van der Waals surface area contributed by atoms with Gasteiger partial charge in [-0.2, -0.15) is 0 Å². The number of hydroxylamine groups is 1. The Kier molecular flexibility index (Phi) is 8.09. The standard InChI is InChI=1S/C18H20Cl2N2O5S/c1-22(26-2)28(24,25)15-6-3-5-13(11-15)18(23)21-9-4-10-27-17-8-7-14(19)12-16(17)20/h3,5-8,11-12H,4,9-10H2,1-2H3,(H,21,23). The van der Waals surface area contributed by atoms with E-state index in [1.54, 1.807) is 18.2 Å². The number of hydrogen-bond acceptors (Lipinski definition) is 5. The normalized spacial score (nSPS) is 11.5. The minimum Gasteiger partial charge on any atom is -0.492 e. The highest BCUT2D eigenvalue weighted by Gasteiger charge is 2.21. The maximum Gasteiger partial charge on any atom is 0.264 e. The van der Waals surface area contributed by atoms with Crippen molar-refractivity contribution >= 4 is 39.1 Å². The van der Waals surface area contributed by atoms with Crippen molar-refractivity contribution in [2.45, 2.75) is 11.3 Å². The molecule has 0 aliphatic rings. The van der Waals surface area contributed by atoms with E-state index >= 15 is 0 Å². The summed E-state index contributed by atoms with van der Waals surface area (Å²) in [5.74, 6) is 0.124. The summed E-state index contributed by atoms with van der Waals surface area (Å²) in [5.41, 5.74) is 0.229. The largest absolute Gasteiger partial charge is 0.492 e. The number of rotatable bonds is 9. The molecule has 1 amide bonds. The zero-order chi connectivity index (χ0) is 20.7.